The molecule has 0 fully saturated rings. The maximum absolute atomic E-state index is 11.9. The van der Waals surface area contributed by atoms with Crippen LogP contribution in [-0.2, 0) is 14.4 Å². The fourth-order valence-electron chi connectivity index (χ4n) is 1.73. The van der Waals surface area contributed by atoms with Crippen LogP contribution in [0.4, 0.5) is 0 Å². The van der Waals surface area contributed by atoms with E-state index in [4.69, 9.17) is 15.9 Å². The summed E-state index contributed by atoms with van der Waals surface area (Å²) < 4.78 is 0. The Morgan fingerprint density at radius 3 is 2.00 bits per heavy atom. The second-order valence-corrected chi connectivity index (χ2v) is 5.54. The molecule has 0 unspecified atom stereocenters. The Labute approximate surface area is 128 Å². The van der Waals surface area contributed by atoms with E-state index in [1.165, 1.54) is 6.92 Å². The molecule has 0 aromatic carbocycles. The van der Waals surface area contributed by atoms with Gasteiger partial charge in [0.05, 0.1) is 18.8 Å². The van der Waals surface area contributed by atoms with Crippen LogP contribution < -0.4 is 16.4 Å². The van der Waals surface area contributed by atoms with Crippen LogP contribution >= 0.6 is 0 Å². The van der Waals surface area contributed by atoms with Gasteiger partial charge in [-0.3, -0.25) is 9.59 Å². The lowest BCUT2D eigenvalue weighted by molar-refractivity contribution is -0.144. The molecule has 22 heavy (non-hydrogen) atoms. The molecule has 9 heteroatoms. The molecule has 0 rings (SSSR count). The Kier molecular flexibility index (Phi) is 8.61. The first-order valence-electron chi connectivity index (χ1n) is 6.98. The number of carbonyl (C=O) groups excluding carboxylic acids is 2. The summed E-state index contributed by atoms with van der Waals surface area (Å²) in [6.45, 7) is 4.22. The molecule has 128 valence electrons. The molecule has 4 atom stereocenters. The van der Waals surface area contributed by atoms with Gasteiger partial charge in [0.1, 0.15) is 12.1 Å². The van der Waals surface area contributed by atoms with E-state index >= 15 is 0 Å². The molecule has 0 aromatic heterocycles. The number of amides is 2. The summed E-state index contributed by atoms with van der Waals surface area (Å²) in [7, 11) is 0. The zero-order valence-corrected chi connectivity index (χ0v) is 12.9. The number of aliphatic hydroxyl groups is 2. The highest BCUT2D eigenvalue weighted by Gasteiger charge is 2.30. The van der Waals surface area contributed by atoms with Crippen LogP contribution in [0.1, 0.15) is 27.2 Å². The Morgan fingerprint density at radius 1 is 1.09 bits per heavy atom. The zero-order valence-electron chi connectivity index (χ0n) is 12.9. The van der Waals surface area contributed by atoms with Gasteiger partial charge in [0, 0.05) is 0 Å². The van der Waals surface area contributed by atoms with E-state index in [1.807, 2.05) is 19.2 Å². The monoisotopic (exact) mass is 319 g/mol. The van der Waals surface area contributed by atoms with Gasteiger partial charge in [-0.25, -0.2) is 4.79 Å². The van der Waals surface area contributed by atoms with Gasteiger partial charge in [0.25, 0.3) is 0 Å². The number of carboxylic acid groups (broad SMARTS) is 1. The fourth-order valence-corrected chi connectivity index (χ4v) is 1.73. The van der Waals surface area contributed by atoms with Crippen molar-refractivity contribution in [3.63, 3.8) is 0 Å². The highest BCUT2D eigenvalue weighted by molar-refractivity contribution is 5.92. The maximum Gasteiger partial charge on any atom is 0.328 e. The average molecular weight is 319 g/mol. The van der Waals surface area contributed by atoms with Crippen molar-refractivity contribution >= 4 is 17.8 Å². The lowest BCUT2D eigenvalue weighted by Gasteiger charge is -2.24. The van der Waals surface area contributed by atoms with E-state index in [2.05, 4.69) is 5.32 Å². The summed E-state index contributed by atoms with van der Waals surface area (Å²) in [5.74, 6) is -2.79. The van der Waals surface area contributed by atoms with Gasteiger partial charge in [-0.2, -0.15) is 0 Å². The van der Waals surface area contributed by atoms with E-state index in [9.17, 15) is 19.5 Å². The number of hydrogen-bond donors (Lipinski definition) is 6. The molecule has 0 heterocycles. The summed E-state index contributed by atoms with van der Waals surface area (Å²) in [4.78, 5) is 34.6. The predicted octanol–water partition coefficient (Wildman–Crippen LogP) is -2.21. The van der Waals surface area contributed by atoms with Crippen LogP contribution in [-0.4, -0.2) is 63.9 Å². The Bertz CT molecular complexity index is 399. The van der Waals surface area contributed by atoms with Crippen molar-refractivity contribution in [2.75, 3.05) is 6.61 Å². The van der Waals surface area contributed by atoms with Crippen molar-refractivity contribution in [2.45, 2.75) is 51.4 Å². The van der Waals surface area contributed by atoms with Gasteiger partial charge in [-0.1, -0.05) is 13.8 Å². The normalized spacial score (nSPS) is 16.5. The lowest BCUT2D eigenvalue weighted by atomic mass is 10.0. The van der Waals surface area contributed by atoms with Crippen molar-refractivity contribution in [3.05, 3.63) is 0 Å². The first-order chi connectivity index (χ1) is 10.1. The van der Waals surface area contributed by atoms with Crippen molar-refractivity contribution in [1.82, 2.24) is 10.6 Å². The number of nitrogens with two attached hydrogens (primary N) is 1. The smallest absolute Gasteiger partial charge is 0.328 e. The summed E-state index contributed by atoms with van der Waals surface area (Å²) in [6, 6.07) is -3.73. The van der Waals surface area contributed by atoms with E-state index in [1.54, 1.807) is 0 Å². The minimum Gasteiger partial charge on any atom is -0.480 e. The molecular weight excluding hydrogens is 294 g/mol. The molecule has 0 saturated carbocycles. The molecule has 0 radical (unpaired) electrons. The van der Waals surface area contributed by atoms with Crippen molar-refractivity contribution < 1.29 is 29.7 Å². The standard InChI is InChI=1S/C13H25N3O6/c1-6(2)4-8(14)11(19)16-10(7(3)18)12(20)15-9(5-17)13(21)22/h6-10,17-18H,4-5,14H2,1-3H3,(H,15,20)(H,16,19)(H,21,22)/t7-,8+,9+,10+/m1/s1. The molecule has 0 saturated heterocycles. The molecule has 0 aliphatic heterocycles. The van der Waals surface area contributed by atoms with E-state index in [0.29, 0.717) is 6.42 Å². The quantitative estimate of drug-likeness (QED) is 0.280. The molecule has 2 amide bonds. The second-order valence-electron chi connectivity index (χ2n) is 5.54. The highest BCUT2D eigenvalue weighted by Crippen LogP contribution is 2.04. The van der Waals surface area contributed by atoms with Crippen molar-refractivity contribution in [1.29, 1.82) is 0 Å². The minimum absolute atomic E-state index is 0.172. The van der Waals surface area contributed by atoms with Crippen molar-refractivity contribution in [3.8, 4) is 0 Å². The molecule has 9 nitrogen and oxygen atoms in total. The topological polar surface area (TPSA) is 162 Å². The second kappa shape index (κ2) is 9.34. The van der Waals surface area contributed by atoms with Crippen molar-refractivity contribution in [2.24, 2.45) is 11.7 Å². The summed E-state index contributed by atoms with van der Waals surface area (Å²) in [5.41, 5.74) is 5.68. The molecule has 0 aliphatic carbocycles. The predicted molar refractivity (Wildman–Crippen MR) is 77.7 cm³/mol. The molecular formula is C13H25N3O6. The van der Waals surface area contributed by atoms with E-state index in [0.717, 1.165) is 0 Å². The number of hydrogen-bond acceptors (Lipinski definition) is 6. The van der Waals surface area contributed by atoms with Gasteiger partial charge in [0.2, 0.25) is 11.8 Å². The number of nitrogens with one attached hydrogen (secondary N) is 2. The molecule has 0 spiro atoms. The van der Waals surface area contributed by atoms with E-state index in [-0.39, 0.29) is 5.92 Å². The summed E-state index contributed by atoms with van der Waals surface area (Å²) in [6.07, 6.45) is -0.864. The number of rotatable bonds is 9. The van der Waals surface area contributed by atoms with Gasteiger partial charge < -0.3 is 31.7 Å². The first-order valence-corrected chi connectivity index (χ1v) is 6.98. The lowest BCUT2D eigenvalue weighted by Crippen LogP contribution is -2.58. The Hall–Kier alpha value is -1.71. The number of carboxylic acids is 1. The molecule has 7 N–H and O–H groups in total. The largest absolute Gasteiger partial charge is 0.480 e. The number of aliphatic carboxylic acids is 1. The Balaban J connectivity index is 4.82. The van der Waals surface area contributed by atoms with Crippen LogP contribution in [0, 0.1) is 5.92 Å². The highest BCUT2D eigenvalue weighted by atomic mass is 16.4. The third-order valence-corrected chi connectivity index (χ3v) is 2.92. The van der Waals surface area contributed by atoms with E-state index < -0.39 is 48.6 Å². The Morgan fingerprint density at radius 2 is 1.64 bits per heavy atom. The fraction of sp³-hybridized carbons (Fsp3) is 0.769. The molecule has 0 aromatic rings. The third-order valence-electron chi connectivity index (χ3n) is 2.92. The zero-order chi connectivity index (χ0) is 17.4. The van der Waals surface area contributed by atoms with Gasteiger partial charge >= 0.3 is 5.97 Å². The van der Waals surface area contributed by atoms with Crippen LogP contribution in [0.25, 0.3) is 0 Å². The summed E-state index contributed by atoms with van der Waals surface area (Å²) >= 11 is 0. The average Bonchev–Trinajstić information content (AvgIpc) is 2.39. The van der Waals surface area contributed by atoms with Gasteiger partial charge in [-0.15, -0.1) is 0 Å². The number of carbonyl (C=O) groups is 3. The van der Waals surface area contributed by atoms with Gasteiger partial charge in [0.15, 0.2) is 0 Å². The maximum atomic E-state index is 11.9. The first kappa shape index (κ1) is 20.3. The SMILES string of the molecule is CC(C)C[C@H](N)C(=O)N[C@H](C(=O)N[C@@H](CO)C(=O)O)[C@@H](C)O. The summed E-state index contributed by atoms with van der Waals surface area (Å²) in [5, 5.41) is 31.5. The molecule has 0 bridgehead atoms. The van der Waals surface area contributed by atoms with Crippen LogP contribution in [0.15, 0.2) is 0 Å². The van der Waals surface area contributed by atoms with Crippen LogP contribution in [0.2, 0.25) is 0 Å². The van der Waals surface area contributed by atoms with Crippen LogP contribution in [0.5, 0.6) is 0 Å². The third kappa shape index (κ3) is 6.83. The minimum atomic E-state index is -1.52. The van der Waals surface area contributed by atoms with Gasteiger partial charge in [-0.05, 0) is 19.3 Å². The number of aliphatic hydroxyl groups excluding tert-OH is 2. The van der Waals surface area contributed by atoms with Crippen LogP contribution in [0.3, 0.4) is 0 Å². The molecule has 0 aliphatic rings.